The molecule has 1 saturated carbocycles. The summed E-state index contributed by atoms with van der Waals surface area (Å²) in [4.78, 5) is 2.68. The third-order valence-electron chi connectivity index (χ3n) is 3.97. The van der Waals surface area contributed by atoms with Gasteiger partial charge in [-0.2, -0.15) is 0 Å². The van der Waals surface area contributed by atoms with E-state index in [0.717, 1.165) is 18.5 Å². The summed E-state index contributed by atoms with van der Waals surface area (Å²) in [7, 11) is 0. The Morgan fingerprint density at radius 2 is 2.25 bits per heavy atom. The maximum atomic E-state index is 3.82. The maximum Gasteiger partial charge on any atom is 0.0209 e. The molecular formula is C14H26N2. The van der Waals surface area contributed by atoms with Crippen LogP contribution in [0.1, 0.15) is 45.4 Å². The van der Waals surface area contributed by atoms with Gasteiger partial charge >= 0.3 is 0 Å². The highest BCUT2D eigenvalue weighted by Gasteiger charge is 2.34. The standard InChI is InChI=1S/C14H26N2/c1-3-5-6-12(4-2)15-13-9-10-16(11-13)14-7-8-14/h3,12-15H,1,4-11H2,2H3. The van der Waals surface area contributed by atoms with Gasteiger partial charge in [0, 0.05) is 31.2 Å². The highest BCUT2D eigenvalue weighted by molar-refractivity contribution is 4.92. The average Bonchev–Trinajstić information content (AvgIpc) is 3.05. The number of likely N-dealkylation sites (tertiary alicyclic amines) is 1. The van der Waals surface area contributed by atoms with Gasteiger partial charge in [-0.25, -0.2) is 0 Å². The van der Waals surface area contributed by atoms with E-state index in [-0.39, 0.29) is 0 Å². The first-order valence-electron chi connectivity index (χ1n) is 6.94. The van der Waals surface area contributed by atoms with Gasteiger partial charge in [-0.15, -0.1) is 6.58 Å². The SMILES string of the molecule is C=CCCC(CC)NC1CCN(C2CC2)C1. The molecule has 0 aromatic heterocycles. The van der Waals surface area contributed by atoms with Crippen LogP contribution in [0, 0.1) is 0 Å². The molecule has 1 saturated heterocycles. The van der Waals surface area contributed by atoms with Crippen molar-refractivity contribution in [2.75, 3.05) is 13.1 Å². The quantitative estimate of drug-likeness (QED) is 0.666. The van der Waals surface area contributed by atoms with E-state index in [4.69, 9.17) is 0 Å². The minimum Gasteiger partial charge on any atom is -0.310 e. The molecule has 2 heteroatoms. The average molecular weight is 222 g/mol. The van der Waals surface area contributed by atoms with E-state index >= 15 is 0 Å². The molecule has 0 spiro atoms. The Bertz CT molecular complexity index is 223. The lowest BCUT2D eigenvalue weighted by molar-refractivity contribution is 0.309. The van der Waals surface area contributed by atoms with Crippen LogP contribution >= 0.6 is 0 Å². The normalized spacial score (nSPS) is 28.2. The number of allylic oxidation sites excluding steroid dienone is 1. The minimum absolute atomic E-state index is 0.696. The first-order chi connectivity index (χ1) is 7.83. The molecule has 0 aromatic rings. The van der Waals surface area contributed by atoms with Crippen molar-refractivity contribution < 1.29 is 0 Å². The summed E-state index contributed by atoms with van der Waals surface area (Å²) in [6.45, 7) is 8.70. The topological polar surface area (TPSA) is 15.3 Å². The number of hydrogen-bond donors (Lipinski definition) is 1. The van der Waals surface area contributed by atoms with Gasteiger partial charge in [-0.1, -0.05) is 13.0 Å². The zero-order valence-electron chi connectivity index (χ0n) is 10.6. The van der Waals surface area contributed by atoms with Crippen molar-refractivity contribution in [3.63, 3.8) is 0 Å². The summed E-state index contributed by atoms with van der Waals surface area (Å²) >= 11 is 0. The Kier molecular flexibility index (Phi) is 4.42. The first-order valence-corrected chi connectivity index (χ1v) is 6.94. The Balaban J connectivity index is 1.69. The minimum atomic E-state index is 0.696. The first kappa shape index (κ1) is 12.1. The summed E-state index contributed by atoms with van der Waals surface area (Å²) in [5, 5.41) is 3.82. The number of nitrogens with zero attached hydrogens (tertiary/aromatic N) is 1. The van der Waals surface area contributed by atoms with E-state index < -0.39 is 0 Å². The molecule has 2 aliphatic rings. The molecule has 2 rings (SSSR count). The Hall–Kier alpha value is -0.340. The molecule has 16 heavy (non-hydrogen) atoms. The van der Waals surface area contributed by atoms with Crippen molar-refractivity contribution in [2.24, 2.45) is 0 Å². The van der Waals surface area contributed by atoms with Crippen LogP contribution in [0.15, 0.2) is 12.7 Å². The highest BCUT2D eigenvalue weighted by atomic mass is 15.2. The van der Waals surface area contributed by atoms with Gasteiger partial charge in [-0.05, 0) is 38.5 Å². The van der Waals surface area contributed by atoms with E-state index in [1.165, 1.54) is 45.2 Å². The molecule has 0 amide bonds. The summed E-state index contributed by atoms with van der Waals surface area (Å²) in [6.07, 6.45) is 9.91. The number of hydrogen-bond acceptors (Lipinski definition) is 2. The maximum absolute atomic E-state index is 3.82. The van der Waals surface area contributed by atoms with E-state index in [0.29, 0.717) is 6.04 Å². The van der Waals surface area contributed by atoms with Gasteiger partial charge in [-0.3, -0.25) is 4.90 Å². The molecule has 0 radical (unpaired) electrons. The molecular weight excluding hydrogens is 196 g/mol. The predicted molar refractivity (Wildman–Crippen MR) is 69.6 cm³/mol. The van der Waals surface area contributed by atoms with Crippen molar-refractivity contribution in [1.82, 2.24) is 10.2 Å². The van der Waals surface area contributed by atoms with E-state index in [2.05, 4.69) is 23.7 Å². The molecule has 1 heterocycles. The second-order valence-electron chi connectivity index (χ2n) is 5.35. The Morgan fingerprint density at radius 3 is 2.88 bits per heavy atom. The van der Waals surface area contributed by atoms with Gasteiger partial charge < -0.3 is 5.32 Å². The lowest BCUT2D eigenvalue weighted by Crippen LogP contribution is -2.40. The van der Waals surface area contributed by atoms with Crippen molar-refractivity contribution in [2.45, 2.75) is 63.6 Å². The number of rotatable bonds is 7. The van der Waals surface area contributed by atoms with Gasteiger partial charge in [0.2, 0.25) is 0 Å². The molecule has 1 aliphatic carbocycles. The Morgan fingerprint density at radius 1 is 1.44 bits per heavy atom. The van der Waals surface area contributed by atoms with Crippen LogP contribution in [0.2, 0.25) is 0 Å². The van der Waals surface area contributed by atoms with Crippen LogP contribution < -0.4 is 5.32 Å². The number of nitrogens with one attached hydrogen (secondary N) is 1. The van der Waals surface area contributed by atoms with E-state index in [9.17, 15) is 0 Å². The fourth-order valence-corrected chi connectivity index (χ4v) is 2.75. The van der Waals surface area contributed by atoms with Crippen LogP contribution in [0.4, 0.5) is 0 Å². The van der Waals surface area contributed by atoms with Crippen LogP contribution in [0.25, 0.3) is 0 Å². The molecule has 2 atom stereocenters. The molecule has 1 aliphatic heterocycles. The molecule has 92 valence electrons. The second-order valence-corrected chi connectivity index (χ2v) is 5.35. The fourth-order valence-electron chi connectivity index (χ4n) is 2.75. The largest absolute Gasteiger partial charge is 0.310 e. The van der Waals surface area contributed by atoms with Crippen LogP contribution in [0.5, 0.6) is 0 Å². The highest BCUT2D eigenvalue weighted by Crippen LogP contribution is 2.29. The predicted octanol–water partition coefficient (Wildman–Crippen LogP) is 2.56. The van der Waals surface area contributed by atoms with Crippen LogP contribution in [-0.4, -0.2) is 36.1 Å². The van der Waals surface area contributed by atoms with E-state index in [1.54, 1.807) is 0 Å². The zero-order valence-corrected chi connectivity index (χ0v) is 10.6. The lowest BCUT2D eigenvalue weighted by atomic mass is 10.1. The van der Waals surface area contributed by atoms with Gasteiger partial charge in [0.1, 0.15) is 0 Å². The summed E-state index contributed by atoms with van der Waals surface area (Å²) < 4.78 is 0. The summed E-state index contributed by atoms with van der Waals surface area (Å²) in [6, 6.07) is 2.39. The van der Waals surface area contributed by atoms with E-state index in [1.807, 2.05) is 6.08 Å². The van der Waals surface area contributed by atoms with Gasteiger partial charge in [0.25, 0.3) is 0 Å². The molecule has 1 N–H and O–H groups in total. The van der Waals surface area contributed by atoms with Crippen molar-refractivity contribution in [3.05, 3.63) is 12.7 Å². The lowest BCUT2D eigenvalue weighted by Gasteiger charge is -2.22. The molecule has 2 nitrogen and oxygen atoms in total. The van der Waals surface area contributed by atoms with Crippen molar-refractivity contribution in [3.8, 4) is 0 Å². The third-order valence-corrected chi connectivity index (χ3v) is 3.97. The zero-order chi connectivity index (χ0) is 11.4. The molecule has 0 aromatic carbocycles. The second kappa shape index (κ2) is 5.83. The van der Waals surface area contributed by atoms with Gasteiger partial charge in [0.15, 0.2) is 0 Å². The molecule has 2 fully saturated rings. The third kappa shape index (κ3) is 3.33. The van der Waals surface area contributed by atoms with Crippen LogP contribution in [0.3, 0.4) is 0 Å². The van der Waals surface area contributed by atoms with Crippen molar-refractivity contribution >= 4 is 0 Å². The molecule has 2 unspecified atom stereocenters. The molecule has 0 bridgehead atoms. The summed E-state index contributed by atoms with van der Waals surface area (Å²) in [5.41, 5.74) is 0. The van der Waals surface area contributed by atoms with Gasteiger partial charge in [0.05, 0.1) is 0 Å². The smallest absolute Gasteiger partial charge is 0.0209 e. The summed E-state index contributed by atoms with van der Waals surface area (Å²) in [5.74, 6) is 0. The Labute approximate surface area is 100 Å². The van der Waals surface area contributed by atoms with Crippen LogP contribution in [-0.2, 0) is 0 Å². The fraction of sp³-hybridized carbons (Fsp3) is 0.857. The van der Waals surface area contributed by atoms with Crippen molar-refractivity contribution in [1.29, 1.82) is 0 Å². The monoisotopic (exact) mass is 222 g/mol.